The highest BCUT2D eigenvalue weighted by molar-refractivity contribution is 7.71. The number of aromatic nitrogens is 4. The number of H-pyrrole nitrogens is 1. The summed E-state index contributed by atoms with van der Waals surface area (Å²) in [6, 6.07) is 0. The minimum Gasteiger partial charge on any atom is -0.343 e. The van der Waals surface area contributed by atoms with Crippen LogP contribution in [0.3, 0.4) is 0 Å². The molecule has 2 rings (SSSR count). The van der Waals surface area contributed by atoms with E-state index in [9.17, 15) is 0 Å². The van der Waals surface area contributed by atoms with Gasteiger partial charge < -0.3 is 4.98 Å². The summed E-state index contributed by atoms with van der Waals surface area (Å²) in [7, 11) is 1.89. The second kappa shape index (κ2) is 3.34. The third kappa shape index (κ3) is 1.58. The maximum Gasteiger partial charge on any atom is 0.122 e. The average molecular weight is 206 g/mol. The summed E-state index contributed by atoms with van der Waals surface area (Å²) in [5.41, 5.74) is 2.90. The molecule has 0 bridgehead atoms. The van der Waals surface area contributed by atoms with Gasteiger partial charge in [-0.15, -0.1) is 0 Å². The van der Waals surface area contributed by atoms with E-state index in [1.165, 1.54) is 0 Å². The van der Waals surface area contributed by atoms with Gasteiger partial charge in [0, 0.05) is 18.8 Å². The fraction of sp³-hybridized carbons (Fsp3) is 0.222. The SMILES string of the molecule is Cc1nn(C)cc1-c1cncc(=S)[nH]1. The lowest BCUT2D eigenvalue weighted by molar-refractivity contribution is 0.756. The van der Waals surface area contributed by atoms with Crippen molar-refractivity contribution in [3.63, 3.8) is 0 Å². The van der Waals surface area contributed by atoms with E-state index in [0.717, 1.165) is 17.0 Å². The van der Waals surface area contributed by atoms with Crippen molar-refractivity contribution >= 4 is 12.2 Å². The zero-order chi connectivity index (χ0) is 10.1. The summed E-state index contributed by atoms with van der Waals surface area (Å²) in [6.45, 7) is 1.96. The van der Waals surface area contributed by atoms with E-state index in [-0.39, 0.29) is 0 Å². The Morgan fingerprint density at radius 1 is 1.43 bits per heavy atom. The monoisotopic (exact) mass is 206 g/mol. The Kier molecular flexibility index (Phi) is 2.17. The summed E-state index contributed by atoms with van der Waals surface area (Å²) >= 11 is 5.00. The first-order chi connectivity index (χ1) is 6.66. The quantitative estimate of drug-likeness (QED) is 0.724. The summed E-state index contributed by atoms with van der Waals surface area (Å²) in [5.74, 6) is 0. The number of aromatic amines is 1. The van der Waals surface area contributed by atoms with Crippen LogP contribution in [-0.2, 0) is 7.05 Å². The van der Waals surface area contributed by atoms with E-state index in [2.05, 4.69) is 15.1 Å². The van der Waals surface area contributed by atoms with Gasteiger partial charge >= 0.3 is 0 Å². The Morgan fingerprint density at radius 3 is 2.79 bits per heavy atom. The van der Waals surface area contributed by atoms with Crippen LogP contribution in [0.15, 0.2) is 18.6 Å². The van der Waals surface area contributed by atoms with Crippen molar-refractivity contribution in [2.24, 2.45) is 7.05 Å². The number of nitrogens with one attached hydrogen (secondary N) is 1. The molecule has 0 fully saturated rings. The molecule has 0 aliphatic rings. The highest BCUT2D eigenvalue weighted by Crippen LogP contribution is 2.18. The summed E-state index contributed by atoms with van der Waals surface area (Å²) < 4.78 is 2.40. The van der Waals surface area contributed by atoms with Gasteiger partial charge in [-0.3, -0.25) is 9.67 Å². The molecule has 0 aliphatic carbocycles. The molecule has 0 aromatic carbocycles. The normalized spacial score (nSPS) is 10.4. The Morgan fingerprint density at radius 2 is 2.21 bits per heavy atom. The average Bonchev–Trinajstić information content (AvgIpc) is 2.45. The Labute approximate surface area is 86.6 Å². The van der Waals surface area contributed by atoms with Gasteiger partial charge in [0.1, 0.15) is 4.64 Å². The lowest BCUT2D eigenvalue weighted by Crippen LogP contribution is -1.86. The molecule has 14 heavy (non-hydrogen) atoms. The highest BCUT2D eigenvalue weighted by atomic mass is 32.1. The molecule has 2 aromatic heterocycles. The summed E-state index contributed by atoms with van der Waals surface area (Å²) in [6.07, 6.45) is 5.31. The van der Waals surface area contributed by atoms with Gasteiger partial charge in [-0.25, -0.2) is 0 Å². The Bertz CT molecular complexity index is 512. The van der Waals surface area contributed by atoms with Crippen LogP contribution in [0.25, 0.3) is 11.3 Å². The van der Waals surface area contributed by atoms with Crippen LogP contribution in [-0.4, -0.2) is 19.7 Å². The molecule has 0 spiro atoms. The molecule has 72 valence electrons. The van der Waals surface area contributed by atoms with Crippen LogP contribution in [0, 0.1) is 11.6 Å². The van der Waals surface area contributed by atoms with E-state index >= 15 is 0 Å². The maximum atomic E-state index is 5.00. The van der Waals surface area contributed by atoms with Crippen LogP contribution in [0.2, 0.25) is 0 Å². The van der Waals surface area contributed by atoms with Gasteiger partial charge in [0.15, 0.2) is 0 Å². The smallest absolute Gasteiger partial charge is 0.122 e. The van der Waals surface area contributed by atoms with Crippen LogP contribution < -0.4 is 0 Å². The fourth-order valence-electron chi connectivity index (χ4n) is 1.38. The molecule has 0 atom stereocenters. The predicted molar refractivity (Wildman–Crippen MR) is 56.4 cm³/mol. The van der Waals surface area contributed by atoms with Crippen LogP contribution in [0.4, 0.5) is 0 Å². The topological polar surface area (TPSA) is 46.5 Å². The van der Waals surface area contributed by atoms with Crippen molar-refractivity contribution in [1.29, 1.82) is 0 Å². The number of hydrogen-bond donors (Lipinski definition) is 1. The Balaban J connectivity index is 2.59. The Hall–Kier alpha value is -1.49. The molecular formula is C9H10N4S. The van der Waals surface area contributed by atoms with E-state index in [0.29, 0.717) is 4.64 Å². The number of nitrogens with zero attached hydrogens (tertiary/aromatic N) is 3. The van der Waals surface area contributed by atoms with Crippen LogP contribution in [0.5, 0.6) is 0 Å². The molecule has 1 N–H and O–H groups in total. The number of hydrogen-bond acceptors (Lipinski definition) is 3. The predicted octanol–water partition coefficient (Wildman–Crippen LogP) is 1.85. The van der Waals surface area contributed by atoms with Crippen LogP contribution in [0.1, 0.15) is 5.69 Å². The van der Waals surface area contributed by atoms with Crippen molar-refractivity contribution in [3.05, 3.63) is 28.9 Å². The number of rotatable bonds is 1. The van der Waals surface area contributed by atoms with E-state index in [1.54, 1.807) is 17.1 Å². The zero-order valence-corrected chi connectivity index (χ0v) is 8.80. The van der Waals surface area contributed by atoms with Gasteiger partial charge in [-0.05, 0) is 6.92 Å². The van der Waals surface area contributed by atoms with Crippen LogP contribution >= 0.6 is 12.2 Å². The molecule has 0 amide bonds. The second-order valence-corrected chi connectivity index (χ2v) is 3.55. The van der Waals surface area contributed by atoms with E-state index in [1.807, 2.05) is 20.2 Å². The second-order valence-electron chi connectivity index (χ2n) is 3.11. The van der Waals surface area contributed by atoms with Crippen molar-refractivity contribution in [3.8, 4) is 11.3 Å². The van der Waals surface area contributed by atoms with Gasteiger partial charge in [0.2, 0.25) is 0 Å². The van der Waals surface area contributed by atoms with Crippen molar-refractivity contribution in [2.45, 2.75) is 6.92 Å². The lowest BCUT2D eigenvalue weighted by Gasteiger charge is -1.97. The minimum atomic E-state index is 0.630. The first-order valence-electron chi connectivity index (χ1n) is 4.22. The highest BCUT2D eigenvalue weighted by Gasteiger charge is 2.05. The first kappa shape index (κ1) is 9.08. The third-order valence-corrected chi connectivity index (χ3v) is 2.16. The lowest BCUT2D eigenvalue weighted by atomic mass is 10.2. The van der Waals surface area contributed by atoms with Crippen molar-refractivity contribution in [2.75, 3.05) is 0 Å². The molecule has 0 saturated carbocycles. The molecule has 2 aromatic rings. The molecule has 2 heterocycles. The van der Waals surface area contributed by atoms with Gasteiger partial charge in [0.25, 0.3) is 0 Å². The van der Waals surface area contributed by atoms with E-state index < -0.39 is 0 Å². The van der Waals surface area contributed by atoms with E-state index in [4.69, 9.17) is 12.2 Å². The van der Waals surface area contributed by atoms with Gasteiger partial charge in [0.05, 0.1) is 23.8 Å². The minimum absolute atomic E-state index is 0.630. The summed E-state index contributed by atoms with van der Waals surface area (Å²) in [5, 5.41) is 4.25. The summed E-state index contributed by atoms with van der Waals surface area (Å²) in [4.78, 5) is 7.12. The molecule has 0 saturated heterocycles. The number of aryl methyl sites for hydroxylation is 2. The van der Waals surface area contributed by atoms with Gasteiger partial charge in [-0.2, -0.15) is 5.10 Å². The molecule has 0 unspecified atom stereocenters. The molecule has 0 aliphatic heterocycles. The first-order valence-corrected chi connectivity index (χ1v) is 4.62. The molecule has 0 radical (unpaired) electrons. The molecule has 5 heteroatoms. The fourth-order valence-corrected chi connectivity index (χ4v) is 1.55. The largest absolute Gasteiger partial charge is 0.343 e. The molecule has 4 nitrogen and oxygen atoms in total. The zero-order valence-electron chi connectivity index (χ0n) is 7.98. The maximum absolute atomic E-state index is 5.00. The third-order valence-electron chi connectivity index (χ3n) is 1.96. The standard InChI is InChI=1S/C9H10N4S/c1-6-7(5-13(2)12-6)8-3-10-4-9(14)11-8/h3-5H,1-2H3,(H,11,14). The molecular weight excluding hydrogens is 196 g/mol. The van der Waals surface area contributed by atoms with Crippen molar-refractivity contribution in [1.82, 2.24) is 19.7 Å². The van der Waals surface area contributed by atoms with Crippen molar-refractivity contribution < 1.29 is 0 Å². The van der Waals surface area contributed by atoms with Gasteiger partial charge in [-0.1, -0.05) is 12.2 Å².